The number of ketones is 1. The Kier molecular flexibility index (Phi) is 6.33. The quantitative estimate of drug-likeness (QED) is 0.176. The molecule has 0 aliphatic heterocycles. The van der Waals surface area contributed by atoms with E-state index < -0.39 is 0 Å². The Bertz CT molecular complexity index is 1530. The molecule has 178 valence electrons. The summed E-state index contributed by atoms with van der Waals surface area (Å²) in [7, 11) is 4.00. The van der Waals surface area contributed by atoms with Crippen LogP contribution in [0.2, 0.25) is 0 Å². The maximum atomic E-state index is 12.9. The molecular formula is C30H29N5O+2. The van der Waals surface area contributed by atoms with E-state index in [1.165, 1.54) is 0 Å². The summed E-state index contributed by atoms with van der Waals surface area (Å²) < 4.78 is 4.05. The summed E-state index contributed by atoms with van der Waals surface area (Å²) in [6.07, 6.45) is 6.34. The second kappa shape index (κ2) is 9.88. The minimum absolute atomic E-state index is 0.0889. The Hall–Kier alpha value is -4.71. The maximum absolute atomic E-state index is 12.9. The lowest BCUT2D eigenvalue weighted by atomic mass is 10.0. The normalized spacial score (nSPS) is 10.8. The van der Waals surface area contributed by atoms with Crippen LogP contribution in [0.15, 0.2) is 104 Å². The van der Waals surface area contributed by atoms with Crippen LogP contribution in [0.3, 0.4) is 0 Å². The lowest BCUT2D eigenvalue weighted by Crippen LogP contribution is -2.28. The van der Waals surface area contributed by atoms with E-state index in [-0.39, 0.29) is 5.78 Å². The molecule has 5 aromatic rings. The first-order valence-corrected chi connectivity index (χ1v) is 11.8. The summed E-state index contributed by atoms with van der Waals surface area (Å²) in [5, 5.41) is 7.89. The van der Waals surface area contributed by atoms with E-state index in [4.69, 9.17) is 5.73 Å². The zero-order valence-electron chi connectivity index (χ0n) is 20.4. The number of fused-ring (bicyclic) bond motifs is 1. The highest BCUT2D eigenvalue weighted by Crippen LogP contribution is 2.26. The number of hydrogen-bond donors (Lipinski definition) is 3. The number of hydrogen-bond acceptors (Lipinski definition) is 4. The molecular weight excluding hydrogens is 446 g/mol. The van der Waals surface area contributed by atoms with Crippen molar-refractivity contribution in [2.24, 2.45) is 14.1 Å². The largest absolute Gasteiger partial charge is 0.399 e. The zero-order chi connectivity index (χ0) is 25.1. The fraction of sp³-hybridized carbons (Fsp3) is 0.100. The minimum atomic E-state index is 0.0889. The third-order valence-corrected chi connectivity index (χ3v) is 6.23. The molecule has 6 heteroatoms. The topological polar surface area (TPSA) is 74.9 Å². The number of carbonyl (C=O) groups is 1. The zero-order valence-corrected chi connectivity index (χ0v) is 20.4. The molecule has 0 saturated carbocycles. The summed E-state index contributed by atoms with van der Waals surface area (Å²) in [6.45, 7) is 0. The van der Waals surface area contributed by atoms with Gasteiger partial charge in [0.1, 0.15) is 14.1 Å². The standard InChI is InChI=1S/C30H27N5O/c1-34-16-13-26(14-17-34)32-24-10-5-22(6-11-24)30(36)19-21-3-8-25(9-4-21)33-28-15-18-35(2)29-12-7-23(31)20-27(28)29/h3-18,20H,19,31H2,1-2H3/p+2. The van der Waals surface area contributed by atoms with Crippen LogP contribution < -0.4 is 25.5 Å². The summed E-state index contributed by atoms with van der Waals surface area (Å²) in [6, 6.07) is 27.6. The first-order valence-electron chi connectivity index (χ1n) is 11.8. The van der Waals surface area contributed by atoms with Gasteiger partial charge in [0, 0.05) is 53.3 Å². The first-order chi connectivity index (χ1) is 17.4. The van der Waals surface area contributed by atoms with Gasteiger partial charge in [-0.15, -0.1) is 0 Å². The van der Waals surface area contributed by atoms with Gasteiger partial charge in [0.15, 0.2) is 24.4 Å². The van der Waals surface area contributed by atoms with Gasteiger partial charge in [0.2, 0.25) is 5.52 Å². The highest BCUT2D eigenvalue weighted by atomic mass is 16.1. The van der Waals surface area contributed by atoms with Gasteiger partial charge in [0.05, 0.1) is 16.8 Å². The summed E-state index contributed by atoms with van der Waals surface area (Å²) in [4.78, 5) is 12.9. The van der Waals surface area contributed by atoms with Crippen molar-refractivity contribution in [1.82, 2.24) is 0 Å². The van der Waals surface area contributed by atoms with Crippen LogP contribution in [-0.4, -0.2) is 5.78 Å². The van der Waals surface area contributed by atoms with E-state index in [0.29, 0.717) is 12.0 Å². The van der Waals surface area contributed by atoms with Crippen molar-refractivity contribution >= 4 is 45.1 Å². The lowest BCUT2D eigenvalue weighted by Gasteiger charge is -2.10. The van der Waals surface area contributed by atoms with Gasteiger partial charge in [-0.1, -0.05) is 12.1 Å². The Labute approximate surface area is 210 Å². The van der Waals surface area contributed by atoms with E-state index in [1.807, 2.05) is 122 Å². The molecule has 2 aromatic heterocycles. The molecule has 0 unspecified atom stereocenters. The van der Waals surface area contributed by atoms with Gasteiger partial charge in [-0.3, -0.25) is 4.79 Å². The smallest absolute Gasteiger partial charge is 0.214 e. The van der Waals surface area contributed by atoms with Gasteiger partial charge in [-0.25, -0.2) is 9.13 Å². The van der Waals surface area contributed by atoms with Gasteiger partial charge in [0.25, 0.3) is 0 Å². The third-order valence-electron chi connectivity index (χ3n) is 6.23. The summed E-state index contributed by atoms with van der Waals surface area (Å²) >= 11 is 0. The predicted octanol–water partition coefficient (Wildman–Crippen LogP) is 4.98. The molecule has 0 spiro atoms. The van der Waals surface area contributed by atoms with E-state index in [0.717, 1.165) is 44.9 Å². The van der Waals surface area contributed by atoms with Crippen molar-refractivity contribution in [3.63, 3.8) is 0 Å². The van der Waals surface area contributed by atoms with Crippen LogP contribution in [0.25, 0.3) is 10.9 Å². The highest BCUT2D eigenvalue weighted by molar-refractivity contribution is 5.98. The van der Waals surface area contributed by atoms with Crippen molar-refractivity contribution < 1.29 is 13.9 Å². The van der Waals surface area contributed by atoms with Crippen molar-refractivity contribution in [3.05, 3.63) is 115 Å². The van der Waals surface area contributed by atoms with Crippen molar-refractivity contribution in [2.75, 3.05) is 16.4 Å². The molecule has 0 amide bonds. The summed E-state index contributed by atoms with van der Waals surface area (Å²) in [5.74, 6) is 0.0889. The van der Waals surface area contributed by atoms with Gasteiger partial charge < -0.3 is 16.4 Å². The Balaban J connectivity index is 1.24. The number of aromatic nitrogens is 2. The van der Waals surface area contributed by atoms with Crippen LogP contribution >= 0.6 is 0 Å². The number of anilines is 5. The Morgan fingerprint density at radius 2 is 1.39 bits per heavy atom. The van der Waals surface area contributed by atoms with Crippen molar-refractivity contribution in [3.8, 4) is 0 Å². The number of pyridine rings is 2. The number of rotatable bonds is 7. The monoisotopic (exact) mass is 475 g/mol. The number of nitrogens with two attached hydrogens (primary N) is 1. The Morgan fingerprint density at radius 1 is 0.750 bits per heavy atom. The number of aryl methyl sites for hydroxylation is 2. The van der Waals surface area contributed by atoms with E-state index in [9.17, 15) is 4.79 Å². The number of Topliss-reactive ketones (excluding diaryl/α,β-unsaturated/α-hetero) is 1. The second-order valence-corrected chi connectivity index (χ2v) is 8.99. The fourth-order valence-electron chi connectivity index (χ4n) is 4.18. The highest BCUT2D eigenvalue weighted by Gasteiger charge is 2.11. The van der Waals surface area contributed by atoms with E-state index in [2.05, 4.69) is 15.2 Å². The molecule has 0 bridgehead atoms. The van der Waals surface area contributed by atoms with Crippen molar-refractivity contribution in [2.45, 2.75) is 6.42 Å². The SMILES string of the molecule is C[n+]1ccc(Nc2ccc(C(=O)Cc3ccc(Nc4cc[n+](C)c5ccc(N)cc45)cc3)cc2)cc1. The van der Waals surface area contributed by atoms with Crippen molar-refractivity contribution in [1.29, 1.82) is 0 Å². The van der Waals surface area contributed by atoms with Gasteiger partial charge in [-0.05, 0) is 54.1 Å². The van der Waals surface area contributed by atoms with Crippen LogP contribution in [-0.2, 0) is 20.5 Å². The van der Waals surface area contributed by atoms with E-state index in [1.54, 1.807) is 0 Å². The molecule has 6 nitrogen and oxygen atoms in total. The van der Waals surface area contributed by atoms with Gasteiger partial charge in [-0.2, -0.15) is 0 Å². The first kappa shape index (κ1) is 23.1. The third kappa shape index (κ3) is 5.18. The molecule has 0 radical (unpaired) electrons. The predicted molar refractivity (Wildman–Crippen MR) is 145 cm³/mol. The molecule has 0 saturated heterocycles. The average Bonchev–Trinajstić information content (AvgIpc) is 2.88. The van der Waals surface area contributed by atoms with Gasteiger partial charge >= 0.3 is 0 Å². The number of nitrogen functional groups attached to an aromatic ring is 1. The van der Waals surface area contributed by atoms with Crippen LogP contribution in [0.5, 0.6) is 0 Å². The molecule has 2 heterocycles. The lowest BCUT2D eigenvalue weighted by molar-refractivity contribution is -0.671. The fourth-order valence-corrected chi connectivity index (χ4v) is 4.18. The Morgan fingerprint density at radius 3 is 2.11 bits per heavy atom. The maximum Gasteiger partial charge on any atom is 0.214 e. The number of benzene rings is 3. The molecule has 4 N–H and O–H groups in total. The summed E-state index contributed by atoms with van der Waals surface area (Å²) in [5.41, 5.74) is 13.4. The van der Waals surface area contributed by atoms with Crippen LogP contribution in [0.1, 0.15) is 15.9 Å². The molecule has 0 fully saturated rings. The molecule has 3 aromatic carbocycles. The number of nitrogens with zero attached hydrogens (tertiary/aromatic N) is 2. The molecule has 36 heavy (non-hydrogen) atoms. The second-order valence-electron chi connectivity index (χ2n) is 8.99. The molecule has 0 aliphatic carbocycles. The average molecular weight is 476 g/mol. The number of nitrogens with one attached hydrogen (secondary N) is 2. The molecule has 0 atom stereocenters. The van der Waals surface area contributed by atoms with Crippen LogP contribution in [0.4, 0.5) is 28.4 Å². The van der Waals surface area contributed by atoms with E-state index >= 15 is 0 Å². The van der Waals surface area contributed by atoms with Crippen LogP contribution in [0, 0.1) is 0 Å². The minimum Gasteiger partial charge on any atom is -0.399 e. The molecule has 0 aliphatic rings. The molecule has 5 rings (SSSR count). The number of carbonyl (C=O) groups excluding carboxylic acids is 1.